The number of rotatable bonds is 11. The Bertz CT molecular complexity index is 1160. The molecule has 0 aliphatic heterocycles. The van der Waals surface area contributed by atoms with Crippen molar-refractivity contribution in [3.8, 4) is 0 Å². The van der Waals surface area contributed by atoms with E-state index in [1.807, 2.05) is 45.0 Å². The standard InChI is InChI=1S/C25H33F2N3O4S/c1-6-18(4)28-25(32)23(7-2)29(15-19-10-8-9-17(3)13-19)24(31)16-30(35(5,33)34)20-11-12-21(26)22(27)14-20/h8-14,18,23H,6-7,15-16H2,1-5H3,(H,28,32). The predicted molar refractivity (Wildman–Crippen MR) is 132 cm³/mol. The van der Waals surface area contributed by atoms with Crippen molar-refractivity contribution in [3.63, 3.8) is 0 Å². The van der Waals surface area contributed by atoms with Crippen LogP contribution in [0.5, 0.6) is 0 Å². The van der Waals surface area contributed by atoms with Gasteiger partial charge in [-0.3, -0.25) is 13.9 Å². The molecule has 2 aromatic rings. The Balaban J connectivity index is 2.46. The van der Waals surface area contributed by atoms with E-state index in [9.17, 15) is 26.8 Å². The van der Waals surface area contributed by atoms with E-state index >= 15 is 0 Å². The average molecular weight is 510 g/mol. The summed E-state index contributed by atoms with van der Waals surface area (Å²) >= 11 is 0. The van der Waals surface area contributed by atoms with Crippen LogP contribution in [-0.2, 0) is 26.2 Å². The highest BCUT2D eigenvalue weighted by Crippen LogP contribution is 2.22. The zero-order valence-corrected chi connectivity index (χ0v) is 21.5. The molecular formula is C25H33F2N3O4S. The molecule has 0 fully saturated rings. The molecule has 0 bridgehead atoms. The van der Waals surface area contributed by atoms with E-state index in [-0.39, 0.29) is 24.2 Å². The normalized spacial score (nSPS) is 13.1. The number of nitrogens with zero attached hydrogens (tertiary/aromatic N) is 2. The van der Waals surface area contributed by atoms with Crippen LogP contribution < -0.4 is 9.62 Å². The number of sulfonamides is 1. The molecular weight excluding hydrogens is 476 g/mol. The molecule has 2 amide bonds. The van der Waals surface area contributed by atoms with E-state index in [2.05, 4.69) is 5.32 Å². The van der Waals surface area contributed by atoms with Crippen LogP contribution in [-0.4, -0.2) is 50.0 Å². The fourth-order valence-corrected chi connectivity index (χ4v) is 4.46. The third-order valence-electron chi connectivity index (χ3n) is 5.69. The van der Waals surface area contributed by atoms with E-state index in [1.54, 1.807) is 6.92 Å². The molecule has 0 aliphatic rings. The lowest BCUT2D eigenvalue weighted by molar-refractivity contribution is -0.140. The monoisotopic (exact) mass is 509 g/mol. The van der Waals surface area contributed by atoms with Gasteiger partial charge in [0.2, 0.25) is 21.8 Å². The Hall–Kier alpha value is -3.01. The Morgan fingerprint density at radius 2 is 1.71 bits per heavy atom. The molecule has 0 radical (unpaired) electrons. The Labute approximate surface area is 206 Å². The fraction of sp³-hybridized carbons (Fsp3) is 0.440. The van der Waals surface area contributed by atoms with Crippen molar-refractivity contribution in [2.24, 2.45) is 0 Å². The first kappa shape index (κ1) is 28.2. The maximum absolute atomic E-state index is 13.8. The van der Waals surface area contributed by atoms with Gasteiger partial charge < -0.3 is 10.2 Å². The summed E-state index contributed by atoms with van der Waals surface area (Å²) in [5.41, 5.74) is 1.55. The van der Waals surface area contributed by atoms with Crippen molar-refractivity contribution < 1.29 is 26.8 Å². The zero-order valence-electron chi connectivity index (χ0n) is 20.7. The van der Waals surface area contributed by atoms with Gasteiger partial charge in [0.1, 0.15) is 12.6 Å². The summed E-state index contributed by atoms with van der Waals surface area (Å²) in [4.78, 5) is 27.9. The maximum atomic E-state index is 13.8. The van der Waals surface area contributed by atoms with Crippen molar-refractivity contribution >= 4 is 27.5 Å². The SMILES string of the molecule is CCC(C)NC(=O)C(CC)N(Cc1cccc(C)c1)C(=O)CN(c1ccc(F)c(F)c1)S(C)(=O)=O. The van der Waals surface area contributed by atoms with Crippen LogP contribution in [0.25, 0.3) is 0 Å². The third-order valence-corrected chi connectivity index (χ3v) is 6.83. The predicted octanol–water partition coefficient (Wildman–Crippen LogP) is 3.76. The van der Waals surface area contributed by atoms with Gasteiger partial charge in [-0.05, 0) is 44.4 Å². The van der Waals surface area contributed by atoms with Gasteiger partial charge in [-0.25, -0.2) is 17.2 Å². The number of aryl methyl sites for hydroxylation is 1. The van der Waals surface area contributed by atoms with Crippen LogP contribution in [0, 0.1) is 18.6 Å². The van der Waals surface area contributed by atoms with Gasteiger partial charge in [0, 0.05) is 18.7 Å². The highest BCUT2D eigenvalue weighted by molar-refractivity contribution is 7.92. The molecule has 2 aromatic carbocycles. The van der Waals surface area contributed by atoms with Gasteiger partial charge in [0.25, 0.3) is 0 Å². The lowest BCUT2D eigenvalue weighted by Gasteiger charge is -2.33. The van der Waals surface area contributed by atoms with E-state index in [4.69, 9.17) is 0 Å². The molecule has 0 saturated heterocycles. The summed E-state index contributed by atoms with van der Waals surface area (Å²) in [5.74, 6) is -3.36. The number of nitrogens with one attached hydrogen (secondary N) is 1. The lowest BCUT2D eigenvalue weighted by Crippen LogP contribution is -2.53. The Kier molecular flexibility index (Phi) is 9.76. The third kappa shape index (κ3) is 7.74. The van der Waals surface area contributed by atoms with Crippen LogP contribution in [0.4, 0.5) is 14.5 Å². The van der Waals surface area contributed by atoms with Crippen molar-refractivity contribution in [3.05, 3.63) is 65.2 Å². The zero-order chi connectivity index (χ0) is 26.3. The number of carbonyl (C=O) groups excluding carboxylic acids is 2. The van der Waals surface area contributed by atoms with E-state index in [0.29, 0.717) is 17.1 Å². The van der Waals surface area contributed by atoms with E-state index in [0.717, 1.165) is 35.6 Å². The van der Waals surface area contributed by atoms with Gasteiger partial charge in [0.05, 0.1) is 11.9 Å². The summed E-state index contributed by atoms with van der Waals surface area (Å²) in [6.07, 6.45) is 1.87. The number of halogens is 2. The number of carbonyl (C=O) groups is 2. The minimum Gasteiger partial charge on any atom is -0.352 e. The molecule has 1 N–H and O–H groups in total. The first-order valence-corrected chi connectivity index (χ1v) is 13.3. The van der Waals surface area contributed by atoms with E-state index in [1.165, 1.54) is 4.90 Å². The number of hydrogen-bond acceptors (Lipinski definition) is 4. The molecule has 2 atom stereocenters. The second kappa shape index (κ2) is 12.1. The summed E-state index contributed by atoms with van der Waals surface area (Å²) in [5, 5.41) is 2.89. The number of benzene rings is 2. The van der Waals surface area contributed by atoms with Crippen LogP contribution in [0.1, 0.15) is 44.7 Å². The maximum Gasteiger partial charge on any atom is 0.244 e. The molecule has 192 valence electrons. The molecule has 0 aliphatic carbocycles. The van der Waals surface area contributed by atoms with Gasteiger partial charge in [0.15, 0.2) is 11.6 Å². The van der Waals surface area contributed by atoms with Crippen LogP contribution >= 0.6 is 0 Å². The molecule has 7 nitrogen and oxygen atoms in total. The summed E-state index contributed by atoms with van der Waals surface area (Å²) in [7, 11) is -4.04. The molecule has 10 heteroatoms. The minimum absolute atomic E-state index is 0.0718. The Morgan fingerprint density at radius 1 is 1.03 bits per heavy atom. The highest BCUT2D eigenvalue weighted by Gasteiger charge is 2.32. The van der Waals surface area contributed by atoms with Gasteiger partial charge >= 0.3 is 0 Å². The van der Waals surface area contributed by atoms with Crippen LogP contribution in [0.15, 0.2) is 42.5 Å². The second-order valence-corrected chi connectivity index (χ2v) is 10.5. The largest absolute Gasteiger partial charge is 0.352 e. The van der Waals surface area contributed by atoms with Crippen molar-refractivity contribution in [1.29, 1.82) is 0 Å². The molecule has 35 heavy (non-hydrogen) atoms. The van der Waals surface area contributed by atoms with Gasteiger partial charge in [-0.15, -0.1) is 0 Å². The summed E-state index contributed by atoms with van der Waals surface area (Å²) in [6.45, 7) is 6.84. The molecule has 0 spiro atoms. The fourth-order valence-electron chi connectivity index (χ4n) is 3.62. The highest BCUT2D eigenvalue weighted by atomic mass is 32.2. The van der Waals surface area contributed by atoms with E-state index < -0.39 is 40.2 Å². The van der Waals surface area contributed by atoms with Crippen molar-refractivity contribution in [1.82, 2.24) is 10.2 Å². The molecule has 2 rings (SSSR count). The van der Waals surface area contributed by atoms with Crippen LogP contribution in [0.2, 0.25) is 0 Å². The molecule has 0 saturated carbocycles. The second-order valence-electron chi connectivity index (χ2n) is 8.62. The smallest absolute Gasteiger partial charge is 0.244 e. The molecule has 2 unspecified atom stereocenters. The van der Waals surface area contributed by atoms with Crippen LogP contribution in [0.3, 0.4) is 0 Å². The molecule has 0 heterocycles. The van der Waals surface area contributed by atoms with Gasteiger partial charge in [-0.2, -0.15) is 0 Å². The number of anilines is 1. The lowest BCUT2D eigenvalue weighted by atomic mass is 10.1. The minimum atomic E-state index is -4.04. The number of amides is 2. The topological polar surface area (TPSA) is 86.8 Å². The first-order chi connectivity index (χ1) is 16.4. The Morgan fingerprint density at radius 3 is 2.26 bits per heavy atom. The van der Waals surface area contributed by atoms with Gasteiger partial charge in [-0.1, -0.05) is 43.7 Å². The first-order valence-electron chi connectivity index (χ1n) is 11.5. The van der Waals surface area contributed by atoms with Crippen molar-refractivity contribution in [2.45, 2.75) is 59.2 Å². The quantitative estimate of drug-likeness (QED) is 0.500. The summed E-state index contributed by atoms with van der Waals surface area (Å²) in [6, 6.07) is 9.07. The molecule has 0 aromatic heterocycles. The number of hydrogen-bond donors (Lipinski definition) is 1. The van der Waals surface area contributed by atoms with Crippen molar-refractivity contribution in [2.75, 3.05) is 17.1 Å². The average Bonchev–Trinajstić information content (AvgIpc) is 2.78. The summed E-state index contributed by atoms with van der Waals surface area (Å²) < 4.78 is 53.0.